The molecule has 0 radical (unpaired) electrons. The van der Waals surface area contributed by atoms with Gasteiger partial charge < -0.3 is 16.4 Å². The van der Waals surface area contributed by atoms with Crippen molar-refractivity contribution in [1.29, 1.82) is 0 Å². The normalized spacial score (nSPS) is 12.0. The van der Waals surface area contributed by atoms with E-state index >= 15 is 0 Å². The van der Waals surface area contributed by atoms with Gasteiger partial charge in [-0.3, -0.25) is 9.59 Å². The third-order valence-corrected chi connectivity index (χ3v) is 2.88. The van der Waals surface area contributed by atoms with E-state index in [9.17, 15) is 9.59 Å². The van der Waals surface area contributed by atoms with Crippen molar-refractivity contribution in [2.75, 3.05) is 13.1 Å². The summed E-state index contributed by atoms with van der Waals surface area (Å²) in [4.78, 5) is 23.5. The fourth-order valence-corrected chi connectivity index (χ4v) is 1.74. The van der Waals surface area contributed by atoms with E-state index in [2.05, 4.69) is 10.6 Å². The first kappa shape index (κ1) is 17.8. The van der Waals surface area contributed by atoms with E-state index < -0.39 is 5.92 Å². The number of carbonyl (C=O) groups excluding carboxylic acids is 2. The first-order valence-electron chi connectivity index (χ1n) is 6.72. The summed E-state index contributed by atoms with van der Waals surface area (Å²) in [5.74, 6) is -0.261. The maximum Gasteiger partial charge on any atom is 0.229 e. The van der Waals surface area contributed by atoms with Crippen molar-refractivity contribution in [1.82, 2.24) is 10.6 Å². The highest BCUT2D eigenvalue weighted by Crippen LogP contribution is 2.06. The largest absolute Gasteiger partial charge is 0.393 e. The van der Waals surface area contributed by atoms with E-state index in [4.69, 9.17) is 18.0 Å². The van der Waals surface area contributed by atoms with E-state index in [1.165, 1.54) is 0 Å². The highest BCUT2D eigenvalue weighted by Gasteiger charge is 2.19. The third-order valence-electron chi connectivity index (χ3n) is 2.60. The maximum absolute atomic E-state index is 11.8. The Bertz CT molecular complexity index is 319. The van der Waals surface area contributed by atoms with Crippen LogP contribution in [0.15, 0.2) is 0 Å². The summed E-state index contributed by atoms with van der Waals surface area (Å²) in [5.41, 5.74) is 5.53. The minimum atomic E-state index is -0.432. The smallest absolute Gasteiger partial charge is 0.229 e. The lowest BCUT2D eigenvalue weighted by atomic mass is 10.0. The molecule has 1 unspecified atom stereocenters. The molecule has 6 heteroatoms. The van der Waals surface area contributed by atoms with Gasteiger partial charge in [-0.15, -0.1) is 0 Å². The fraction of sp³-hybridized carbons (Fsp3) is 0.769. The summed E-state index contributed by atoms with van der Waals surface area (Å²) >= 11 is 4.87. The van der Waals surface area contributed by atoms with Crippen LogP contribution in [0.4, 0.5) is 0 Å². The van der Waals surface area contributed by atoms with Gasteiger partial charge in [0.15, 0.2) is 0 Å². The van der Waals surface area contributed by atoms with Gasteiger partial charge in [0.05, 0.1) is 10.9 Å². The summed E-state index contributed by atoms with van der Waals surface area (Å²) in [6, 6.07) is 0. The van der Waals surface area contributed by atoms with Crippen molar-refractivity contribution in [3.63, 3.8) is 0 Å². The number of nitrogens with one attached hydrogen (secondary N) is 2. The van der Waals surface area contributed by atoms with Gasteiger partial charge >= 0.3 is 0 Å². The fourth-order valence-electron chi connectivity index (χ4n) is 1.52. The van der Waals surface area contributed by atoms with Crippen molar-refractivity contribution in [3.05, 3.63) is 0 Å². The van der Waals surface area contributed by atoms with E-state index in [-0.39, 0.29) is 23.2 Å². The van der Waals surface area contributed by atoms with E-state index in [0.717, 1.165) is 6.42 Å². The van der Waals surface area contributed by atoms with E-state index in [1.54, 1.807) is 0 Å². The molecule has 0 aromatic carbocycles. The molecule has 0 saturated heterocycles. The number of carbonyl (C=O) groups is 2. The summed E-state index contributed by atoms with van der Waals surface area (Å²) in [6.07, 6.45) is 1.75. The van der Waals surface area contributed by atoms with Crippen LogP contribution in [0.3, 0.4) is 0 Å². The van der Waals surface area contributed by atoms with Crippen molar-refractivity contribution in [2.45, 2.75) is 40.0 Å². The molecule has 0 saturated carbocycles. The Morgan fingerprint density at radius 1 is 1.26 bits per heavy atom. The first-order chi connectivity index (χ1) is 8.88. The molecule has 0 fully saturated rings. The zero-order valence-electron chi connectivity index (χ0n) is 12.0. The van der Waals surface area contributed by atoms with Crippen LogP contribution in [0.2, 0.25) is 0 Å². The Kier molecular flexibility index (Phi) is 9.12. The van der Waals surface area contributed by atoms with Gasteiger partial charge in [0.25, 0.3) is 0 Å². The first-order valence-corrected chi connectivity index (χ1v) is 7.13. The van der Waals surface area contributed by atoms with Crippen molar-refractivity contribution < 1.29 is 9.59 Å². The topological polar surface area (TPSA) is 84.2 Å². The van der Waals surface area contributed by atoms with E-state index in [1.807, 2.05) is 20.8 Å². The summed E-state index contributed by atoms with van der Waals surface area (Å²) in [7, 11) is 0. The average molecular weight is 287 g/mol. The van der Waals surface area contributed by atoms with Crippen LogP contribution < -0.4 is 16.4 Å². The van der Waals surface area contributed by atoms with Gasteiger partial charge in [-0.25, -0.2) is 0 Å². The molecule has 0 bridgehead atoms. The van der Waals surface area contributed by atoms with Gasteiger partial charge in [-0.1, -0.05) is 39.4 Å². The van der Waals surface area contributed by atoms with Gasteiger partial charge in [0.1, 0.15) is 0 Å². The highest BCUT2D eigenvalue weighted by atomic mass is 32.1. The quantitative estimate of drug-likeness (QED) is 0.552. The third kappa shape index (κ3) is 8.53. The molecule has 19 heavy (non-hydrogen) atoms. The van der Waals surface area contributed by atoms with Crippen LogP contribution in [0.5, 0.6) is 0 Å². The molecule has 0 spiro atoms. The number of hydrogen-bond acceptors (Lipinski definition) is 3. The van der Waals surface area contributed by atoms with Gasteiger partial charge in [-0.05, 0) is 12.3 Å². The number of amides is 2. The summed E-state index contributed by atoms with van der Waals surface area (Å²) < 4.78 is 0. The monoisotopic (exact) mass is 287 g/mol. The highest BCUT2D eigenvalue weighted by molar-refractivity contribution is 7.80. The molecule has 0 rings (SSSR count). The van der Waals surface area contributed by atoms with Gasteiger partial charge in [-0.2, -0.15) is 0 Å². The minimum Gasteiger partial charge on any atom is -0.393 e. The Morgan fingerprint density at radius 2 is 1.89 bits per heavy atom. The lowest BCUT2D eigenvalue weighted by Gasteiger charge is -2.14. The van der Waals surface area contributed by atoms with Crippen LogP contribution in [0, 0.1) is 11.8 Å². The predicted molar refractivity (Wildman–Crippen MR) is 80.7 cm³/mol. The standard InChI is InChI=1S/C13H25N3O2S/c1-4-5-10(12(14)19)13(18)15-7-6-11(17)16-8-9(2)3/h9-10H,4-8H2,1-3H3,(H2,14,19)(H,15,18)(H,16,17). The second-order valence-corrected chi connectivity index (χ2v) is 5.45. The van der Waals surface area contributed by atoms with Crippen molar-refractivity contribution in [2.24, 2.45) is 17.6 Å². The van der Waals surface area contributed by atoms with Gasteiger partial charge in [0, 0.05) is 19.5 Å². The average Bonchev–Trinajstić information content (AvgIpc) is 2.32. The molecule has 0 heterocycles. The van der Waals surface area contributed by atoms with Crippen LogP contribution >= 0.6 is 12.2 Å². The molecule has 0 aromatic heterocycles. The Hall–Kier alpha value is -1.17. The molecular formula is C13H25N3O2S. The van der Waals surface area contributed by atoms with Gasteiger partial charge in [0.2, 0.25) is 11.8 Å². The molecule has 4 N–H and O–H groups in total. The summed E-state index contributed by atoms with van der Waals surface area (Å²) in [5, 5.41) is 5.49. The van der Waals surface area contributed by atoms with Crippen molar-refractivity contribution in [3.8, 4) is 0 Å². The summed E-state index contributed by atoms with van der Waals surface area (Å²) in [6.45, 7) is 6.99. The zero-order valence-corrected chi connectivity index (χ0v) is 12.8. The number of nitrogens with two attached hydrogens (primary N) is 1. The molecule has 1 atom stereocenters. The Labute approximate surface area is 120 Å². The molecule has 0 aliphatic rings. The molecule has 2 amide bonds. The number of rotatable bonds is 9. The Morgan fingerprint density at radius 3 is 2.37 bits per heavy atom. The molecule has 110 valence electrons. The molecule has 0 aliphatic carbocycles. The predicted octanol–water partition coefficient (Wildman–Crippen LogP) is 0.967. The second kappa shape index (κ2) is 9.72. The van der Waals surface area contributed by atoms with Crippen LogP contribution in [0.25, 0.3) is 0 Å². The SMILES string of the molecule is CCCC(C(=O)NCCC(=O)NCC(C)C)C(N)=S. The molecule has 5 nitrogen and oxygen atoms in total. The number of thiocarbonyl (C=S) groups is 1. The zero-order chi connectivity index (χ0) is 14.8. The lowest BCUT2D eigenvalue weighted by Crippen LogP contribution is -2.39. The Balaban J connectivity index is 3.95. The van der Waals surface area contributed by atoms with Crippen LogP contribution in [-0.4, -0.2) is 29.9 Å². The van der Waals surface area contributed by atoms with E-state index in [0.29, 0.717) is 25.4 Å². The number of hydrogen-bond donors (Lipinski definition) is 3. The maximum atomic E-state index is 11.8. The molecule has 0 aliphatic heterocycles. The minimum absolute atomic E-state index is 0.0589. The molecular weight excluding hydrogens is 262 g/mol. The van der Waals surface area contributed by atoms with Crippen LogP contribution in [-0.2, 0) is 9.59 Å². The second-order valence-electron chi connectivity index (χ2n) is 4.98. The van der Waals surface area contributed by atoms with Crippen molar-refractivity contribution >= 4 is 29.0 Å². The lowest BCUT2D eigenvalue weighted by molar-refractivity contribution is -0.123. The van der Waals surface area contributed by atoms with Crippen LogP contribution in [0.1, 0.15) is 40.0 Å². The molecule has 0 aromatic rings.